The van der Waals surface area contributed by atoms with Crippen LogP contribution in [0.5, 0.6) is 5.75 Å². The molecule has 3 aromatic carbocycles. The Hall–Kier alpha value is -3.93. The third-order valence-electron chi connectivity index (χ3n) is 4.94. The summed E-state index contributed by atoms with van der Waals surface area (Å²) in [4.78, 5) is 25.2. The molecule has 0 fully saturated rings. The minimum atomic E-state index is -0.684. The van der Waals surface area contributed by atoms with E-state index in [1.807, 2.05) is 41.8 Å². The first-order valence-electron chi connectivity index (χ1n) is 9.85. The summed E-state index contributed by atoms with van der Waals surface area (Å²) < 4.78 is 26.1. The van der Waals surface area contributed by atoms with Crippen molar-refractivity contribution in [2.45, 2.75) is 13.8 Å². The molecule has 156 valence electrons. The molecule has 0 radical (unpaired) electrons. The number of benzene rings is 3. The molecule has 1 heterocycles. The number of carbonyl (C=O) groups is 2. The number of ether oxygens (including phenoxy) is 2. The third-order valence-corrected chi connectivity index (χ3v) is 4.94. The Labute approximate surface area is 178 Å². The summed E-state index contributed by atoms with van der Waals surface area (Å²) in [7, 11) is 0. The number of aromatic nitrogens is 1. The summed E-state index contributed by atoms with van der Waals surface area (Å²) in [6, 6.07) is 20.0. The van der Waals surface area contributed by atoms with Crippen molar-refractivity contribution in [3.63, 3.8) is 0 Å². The molecule has 4 rings (SSSR count). The average Bonchev–Trinajstić information content (AvgIpc) is 3.05. The monoisotopic (exact) mass is 417 g/mol. The Bertz CT molecular complexity index is 1280. The Morgan fingerprint density at radius 2 is 1.71 bits per heavy atom. The van der Waals surface area contributed by atoms with E-state index >= 15 is 0 Å². The molecule has 0 unspecified atom stereocenters. The van der Waals surface area contributed by atoms with E-state index in [1.165, 1.54) is 18.2 Å². The molecule has 0 saturated heterocycles. The maximum absolute atomic E-state index is 13.4. The van der Waals surface area contributed by atoms with Gasteiger partial charge >= 0.3 is 11.9 Å². The molecule has 0 bridgehead atoms. The van der Waals surface area contributed by atoms with E-state index in [4.69, 9.17) is 9.47 Å². The van der Waals surface area contributed by atoms with Crippen molar-refractivity contribution in [2.24, 2.45) is 0 Å². The first kappa shape index (κ1) is 20.3. The Morgan fingerprint density at radius 1 is 0.935 bits per heavy atom. The standard InChI is InChI=1S/C25H20FNO4/c1-3-30-25(29)23-16(2)27(19-10-5-4-6-11-19)22-13-12-20(15-21(22)23)31-24(28)17-8-7-9-18(26)14-17/h4-15H,3H2,1-2H3. The Morgan fingerprint density at radius 3 is 2.42 bits per heavy atom. The van der Waals surface area contributed by atoms with E-state index < -0.39 is 17.8 Å². The van der Waals surface area contributed by atoms with Crippen molar-refractivity contribution in [1.82, 2.24) is 4.57 Å². The van der Waals surface area contributed by atoms with Crippen LogP contribution in [0.1, 0.15) is 33.3 Å². The van der Waals surface area contributed by atoms with E-state index in [0.29, 0.717) is 16.6 Å². The molecule has 1 aromatic heterocycles. The van der Waals surface area contributed by atoms with Crippen molar-refractivity contribution in [2.75, 3.05) is 6.61 Å². The van der Waals surface area contributed by atoms with Crippen LogP contribution in [0.15, 0.2) is 72.8 Å². The summed E-state index contributed by atoms with van der Waals surface area (Å²) in [5.41, 5.74) is 2.89. The number of para-hydroxylation sites is 1. The molecule has 31 heavy (non-hydrogen) atoms. The predicted octanol–water partition coefficient (Wildman–Crippen LogP) is 5.47. The number of halogens is 1. The van der Waals surface area contributed by atoms with E-state index in [1.54, 1.807) is 25.1 Å². The van der Waals surface area contributed by atoms with Crippen LogP contribution in [0.3, 0.4) is 0 Å². The zero-order valence-corrected chi connectivity index (χ0v) is 17.1. The maximum Gasteiger partial charge on any atom is 0.343 e. The fraction of sp³-hybridized carbons (Fsp3) is 0.120. The summed E-state index contributed by atoms with van der Waals surface area (Å²) in [5.74, 6) is -1.41. The predicted molar refractivity (Wildman–Crippen MR) is 115 cm³/mol. The minimum Gasteiger partial charge on any atom is -0.462 e. The van der Waals surface area contributed by atoms with Gasteiger partial charge in [0.1, 0.15) is 11.6 Å². The lowest BCUT2D eigenvalue weighted by atomic mass is 10.1. The molecule has 0 aliphatic carbocycles. The number of hydrogen-bond donors (Lipinski definition) is 0. The lowest BCUT2D eigenvalue weighted by molar-refractivity contribution is 0.0527. The maximum atomic E-state index is 13.4. The van der Waals surface area contributed by atoms with E-state index in [-0.39, 0.29) is 17.9 Å². The highest BCUT2D eigenvalue weighted by atomic mass is 19.1. The molecule has 5 nitrogen and oxygen atoms in total. The van der Waals surface area contributed by atoms with Gasteiger partial charge < -0.3 is 14.0 Å². The van der Waals surface area contributed by atoms with Gasteiger partial charge in [-0.15, -0.1) is 0 Å². The van der Waals surface area contributed by atoms with Crippen LogP contribution < -0.4 is 4.74 Å². The SMILES string of the molecule is CCOC(=O)c1c(C)n(-c2ccccc2)c2ccc(OC(=O)c3cccc(F)c3)cc12. The summed E-state index contributed by atoms with van der Waals surface area (Å²) in [6.45, 7) is 3.83. The molecular weight excluding hydrogens is 397 g/mol. The van der Waals surface area contributed by atoms with Gasteiger partial charge in [-0.3, -0.25) is 0 Å². The average molecular weight is 417 g/mol. The Balaban J connectivity index is 1.81. The van der Waals surface area contributed by atoms with Crippen LogP contribution in [-0.2, 0) is 4.74 Å². The number of fused-ring (bicyclic) bond motifs is 1. The van der Waals surface area contributed by atoms with Gasteiger partial charge in [0.05, 0.1) is 23.3 Å². The van der Waals surface area contributed by atoms with E-state index in [0.717, 1.165) is 17.3 Å². The smallest absolute Gasteiger partial charge is 0.343 e. The van der Waals surface area contributed by atoms with Crippen LogP contribution in [0.25, 0.3) is 16.6 Å². The fourth-order valence-electron chi connectivity index (χ4n) is 3.61. The molecule has 0 aliphatic rings. The van der Waals surface area contributed by atoms with E-state index in [9.17, 15) is 14.0 Å². The molecule has 4 aromatic rings. The molecule has 0 atom stereocenters. The fourth-order valence-corrected chi connectivity index (χ4v) is 3.61. The van der Waals surface area contributed by atoms with Gasteiger partial charge in [0.25, 0.3) is 0 Å². The number of carbonyl (C=O) groups excluding carboxylic acids is 2. The summed E-state index contributed by atoms with van der Waals surface area (Å²) in [5, 5.41) is 0.601. The number of nitrogens with zero attached hydrogens (tertiary/aromatic N) is 1. The van der Waals surface area contributed by atoms with Gasteiger partial charge in [-0.2, -0.15) is 0 Å². The Kier molecular flexibility index (Phi) is 5.54. The van der Waals surface area contributed by atoms with Crippen molar-refractivity contribution in [3.05, 3.63) is 95.4 Å². The lowest BCUT2D eigenvalue weighted by Gasteiger charge is -2.09. The van der Waals surface area contributed by atoms with Crippen LogP contribution in [0.2, 0.25) is 0 Å². The zero-order chi connectivity index (χ0) is 22.0. The van der Waals surface area contributed by atoms with E-state index in [2.05, 4.69) is 0 Å². The van der Waals surface area contributed by atoms with Gasteiger partial charge in [-0.25, -0.2) is 14.0 Å². The third kappa shape index (κ3) is 3.92. The molecular formula is C25H20FNO4. The molecule has 0 spiro atoms. The molecule has 0 saturated carbocycles. The van der Waals surface area contributed by atoms with Crippen LogP contribution in [-0.4, -0.2) is 23.1 Å². The normalized spacial score (nSPS) is 10.8. The highest BCUT2D eigenvalue weighted by Gasteiger charge is 2.23. The molecule has 0 amide bonds. The second kappa shape index (κ2) is 8.44. The zero-order valence-electron chi connectivity index (χ0n) is 17.1. The van der Waals surface area contributed by atoms with Crippen LogP contribution >= 0.6 is 0 Å². The van der Waals surface area contributed by atoms with Crippen LogP contribution in [0.4, 0.5) is 4.39 Å². The second-order valence-electron chi connectivity index (χ2n) is 6.93. The summed E-state index contributed by atoms with van der Waals surface area (Å²) >= 11 is 0. The van der Waals surface area contributed by atoms with Crippen molar-refractivity contribution in [1.29, 1.82) is 0 Å². The van der Waals surface area contributed by atoms with Crippen molar-refractivity contribution < 1.29 is 23.5 Å². The number of rotatable bonds is 5. The highest BCUT2D eigenvalue weighted by Crippen LogP contribution is 2.32. The molecule has 6 heteroatoms. The van der Waals surface area contributed by atoms with Crippen molar-refractivity contribution >= 4 is 22.8 Å². The van der Waals surface area contributed by atoms with Gasteiger partial charge in [0.15, 0.2) is 0 Å². The molecule has 0 N–H and O–H groups in total. The largest absolute Gasteiger partial charge is 0.462 e. The van der Waals surface area contributed by atoms with Gasteiger partial charge in [-0.1, -0.05) is 24.3 Å². The van der Waals surface area contributed by atoms with Gasteiger partial charge in [0.2, 0.25) is 0 Å². The highest BCUT2D eigenvalue weighted by molar-refractivity contribution is 6.07. The quantitative estimate of drug-likeness (QED) is 0.319. The minimum absolute atomic E-state index is 0.101. The number of esters is 2. The van der Waals surface area contributed by atoms with Gasteiger partial charge in [0, 0.05) is 16.8 Å². The summed E-state index contributed by atoms with van der Waals surface area (Å²) in [6.07, 6.45) is 0. The van der Waals surface area contributed by atoms with Crippen LogP contribution in [0, 0.1) is 12.7 Å². The van der Waals surface area contributed by atoms with Crippen molar-refractivity contribution in [3.8, 4) is 11.4 Å². The first-order valence-corrected chi connectivity index (χ1v) is 9.85. The molecule has 0 aliphatic heterocycles. The number of hydrogen-bond acceptors (Lipinski definition) is 4. The van der Waals surface area contributed by atoms with Gasteiger partial charge in [-0.05, 0) is 62.4 Å². The first-order chi connectivity index (χ1) is 15.0. The lowest BCUT2D eigenvalue weighted by Crippen LogP contribution is -2.09. The topological polar surface area (TPSA) is 57.5 Å². The second-order valence-corrected chi connectivity index (χ2v) is 6.93.